The normalized spacial score (nSPS) is 10.4. The lowest BCUT2D eigenvalue weighted by molar-refractivity contribution is -0.129. The van der Waals surface area contributed by atoms with E-state index in [4.69, 9.17) is 21.1 Å². The van der Waals surface area contributed by atoms with Crippen LogP contribution in [0.2, 0.25) is 5.02 Å². The Hall–Kier alpha value is -2.27. The molecule has 134 valence electrons. The predicted octanol–water partition coefficient (Wildman–Crippen LogP) is 4.09. The second-order valence-electron chi connectivity index (χ2n) is 5.55. The number of ether oxygens (including phenoxy) is 2. The van der Waals surface area contributed by atoms with Gasteiger partial charge in [0.05, 0.1) is 20.1 Å². The van der Waals surface area contributed by atoms with Crippen molar-refractivity contribution in [2.24, 2.45) is 0 Å². The van der Waals surface area contributed by atoms with Gasteiger partial charge in [-0.25, -0.2) is 4.39 Å². The van der Waals surface area contributed by atoms with Crippen molar-refractivity contribution in [1.82, 2.24) is 4.90 Å². The number of nitrogens with zero attached hydrogens (tertiary/aromatic N) is 1. The molecule has 4 nitrogen and oxygen atoms in total. The van der Waals surface area contributed by atoms with Crippen molar-refractivity contribution in [3.8, 4) is 11.5 Å². The molecule has 0 saturated carbocycles. The molecule has 0 spiro atoms. The van der Waals surface area contributed by atoms with Gasteiger partial charge in [-0.05, 0) is 36.8 Å². The van der Waals surface area contributed by atoms with E-state index in [0.29, 0.717) is 24.7 Å². The zero-order valence-electron chi connectivity index (χ0n) is 14.5. The molecule has 25 heavy (non-hydrogen) atoms. The minimum absolute atomic E-state index is 0.0871. The van der Waals surface area contributed by atoms with Crippen molar-refractivity contribution in [3.63, 3.8) is 0 Å². The third-order valence-corrected chi connectivity index (χ3v) is 4.12. The third-order valence-electron chi connectivity index (χ3n) is 3.76. The summed E-state index contributed by atoms with van der Waals surface area (Å²) in [7, 11) is 3.23. The first-order valence-corrected chi connectivity index (χ1v) is 8.30. The number of benzene rings is 2. The van der Waals surface area contributed by atoms with Gasteiger partial charge < -0.3 is 14.4 Å². The van der Waals surface area contributed by atoms with E-state index >= 15 is 0 Å². The summed E-state index contributed by atoms with van der Waals surface area (Å²) in [6, 6.07) is 9.89. The fraction of sp³-hybridized carbons (Fsp3) is 0.316. The lowest BCUT2D eigenvalue weighted by atomic mass is 10.1. The summed E-state index contributed by atoms with van der Waals surface area (Å²) in [5, 5.41) is 0.254. The molecule has 0 aliphatic carbocycles. The summed E-state index contributed by atoms with van der Waals surface area (Å²) in [4.78, 5) is 13.9. The first-order chi connectivity index (χ1) is 12.0. The van der Waals surface area contributed by atoms with Gasteiger partial charge in [-0.2, -0.15) is 0 Å². The molecule has 0 radical (unpaired) electrons. The predicted molar refractivity (Wildman–Crippen MR) is 95.8 cm³/mol. The maximum absolute atomic E-state index is 13.8. The number of rotatable bonds is 7. The van der Waals surface area contributed by atoms with Crippen LogP contribution in [0.5, 0.6) is 11.5 Å². The lowest BCUT2D eigenvalue weighted by Gasteiger charge is -2.19. The number of hydrogen-bond donors (Lipinski definition) is 0. The summed E-state index contributed by atoms with van der Waals surface area (Å²) in [6.07, 6.45) is -0.0871. The Balaban J connectivity index is 2.08. The van der Waals surface area contributed by atoms with Crippen LogP contribution in [0.4, 0.5) is 4.39 Å². The highest BCUT2D eigenvalue weighted by Gasteiger charge is 2.16. The van der Waals surface area contributed by atoms with Crippen LogP contribution < -0.4 is 9.47 Å². The van der Waals surface area contributed by atoms with E-state index in [2.05, 4.69) is 0 Å². The topological polar surface area (TPSA) is 38.8 Å². The minimum atomic E-state index is -0.475. The molecule has 0 unspecified atom stereocenters. The van der Waals surface area contributed by atoms with Crippen molar-refractivity contribution >= 4 is 17.5 Å². The molecule has 1 amide bonds. The number of methoxy groups -OCH3 is 1. The standard InChI is InChI=1S/C19H21ClFNO3/c1-4-25-17-9-8-13(10-18(17)24-3)12-22(2)19(23)11-14-15(20)6-5-7-16(14)21/h5-10H,4,11-12H2,1-3H3. The van der Waals surface area contributed by atoms with Gasteiger partial charge in [0.2, 0.25) is 5.91 Å². The Morgan fingerprint density at radius 2 is 2.00 bits per heavy atom. The van der Waals surface area contributed by atoms with Gasteiger partial charge >= 0.3 is 0 Å². The van der Waals surface area contributed by atoms with Crippen LogP contribution in [-0.4, -0.2) is 31.6 Å². The van der Waals surface area contributed by atoms with Crippen LogP contribution in [0.3, 0.4) is 0 Å². The maximum atomic E-state index is 13.8. The molecule has 0 saturated heterocycles. The molecule has 0 fully saturated rings. The molecular weight excluding hydrogens is 345 g/mol. The number of amides is 1. The van der Waals surface area contributed by atoms with Gasteiger partial charge in [-0.1, -0.05) is 23.7 Å². The van der Waals surface area contributed by atoms with Gasteiger partial charge in [0.25, 0.3) is 0 Å². The Morgan fingerprint density at radius 3 is 2.64 bits per heavy atom. The monoisotopic (exact) mass is 365 g/mol. The van der Waals surface area contributed by atoms with Crippen LogP contribution in [0.25, 0.3) is 0 Å². The Kier molecular flexibility index (Phi) is 6.65. The molecule has 0 heterocycles. The highest BCUT2D eigenvalue weighted by atomic mass is 35.5. The van der Waals surface area contributed by atoms with Crippen LogP contribution in [0, 0.1) is 5.82 Å². The number of halogens is 2. The molecule has 0 N–H and O–H groups in total. The summed E-state index contributed by atoms with van der Waals surface area (Å²) in [5.41, 5.74) is 1.10. The van der Waals surface area contributed by atoms with Crippen LogP contribution in [0.15, 0.2) is 36.4 Å². The highest BCUT2D eigenvalue weighted by Crippen LogP contribution is 2.28. The first kappa shape index (κ1) is 19.1. The van der Waals surface area contributed by atoms with Crippen molar-refractivity contribution in [2.75, 3.05) is 20.8 Å². The minimum Gasteiger partial charge on any atom is -0.493 e. The second-order valence-corrected chi connectivity index (χ2v) is 5.95. The van der Waals surface area contributed by atoms with E-state index in [9.17, 15) is 9.18 Å². The quantitative estimate of drug-likeness (QED) is 0.741. The Labute approximate surface area is 152 Å². The van der Waals surface area contributed by atoms with E-state index in [-0.39, 0.29) is 22.9 Å². The first-order valence-electron chi connectivity index (χ1n) is 7.92. The fourth-order valence-electron chi connectivity index (χ4n) is 2.43. The largest absolute Gasteiger partial charge is 0.493 e. The van der Waals surface area contributed by atoms with E-state index in [1.165, 1.54) is 17.0 Å². The molecule has 0 atom stereocenters. The number of carbonyl (C=O) groups is 1. The van der Waals surface area contributed by atoms with E-state index in [1.807, 2.05) is 25.1 Å². The van der Waals surface area contributed by atoms with Crippen LogP contribution in [-0.2, 0) is 17.8 Å². The molecule has 0 bridgehead atoms. The Morgan fingerprint density at radius 1 is 1.24 bits per heavy atom. The third kappa shape index (κ3) is 4.86. The van der Waals surface area contributed by atoms with Gasteiger partial charge in [0, 0.05) is 24.2 Å². The van der Waals surface area contributed by atoms with Crippen molar-refractivity contribution in [3.05, 3.63) is 58.4 Å². The van der Waals surface area contributed by atoms with E-state index < -0.39 is 5.82 Å². The van der Waals surface area contributed by atoms with Gasteiger partial charge in [-0.15, -0.1) is 0 Å². The van der Waals surface area contributed by atoms with Crippen LogP contribution in [0.1, 0.15) is 18.1 Å². The highest BCUT2D eigenvalue weighted by molar-refractivity contribution is 6.31. The fourth-order valence-corrected chi connectivity index (χ4v) is 2.66. The van der Waals surface area contributed by atoms with Gasteiger partial charge in [0.15, 0.2) is 11.5 Å². The molecule has 6 heteroatoms. The Bertz CT molecular complexity index is 731. The summed E-state index contributed by atoms with van der Waals surface area (Å²) < 4.78 is 24.6. The van der Waals surface area contributed by atoms with Crippen molar-refractivity contribution < 1.29 is 18.7 Å². The van der Waals surface area contributed by atoms with E-state index in [0.717, 1.165) is 5.56 Å². The second kappa shape index (κ2) is 8.72. The number of carbonyl (C=O) groups excluding carboxylic acids is 1. The van der Waals surface area contributed by atoms with Gasteiger partial charge in [-0.3, -0.25) is 4.79 Å². The molecule has 2 aromatic carbocycles. The average Bonchev–Trinajstić information content (AvgIpc) is 2.59. The summed E-state index contributed by atoms with van der Waals surface area (Å²) >= 11 is 5.98. The molecule has 0 aliphatic rings. The summed E-state index contributed by atoms with van der Waals surface area (Å²) in [5.74, 6) is 0.565. The molecule has 0 aromatic heterocycles. The molecule has 2 rings (SSSR count). The van der Waals surface area contributed by atoms with Crippen molar-refractivity contribution in [1.29, 1.82) is 0 Å². The molecule has 2 aromatic rings. The SMILES string of the molecule is CCOc1ccc(CN(C)C(=O)Cc2c(F)cccc2Cl)cc1OC. The smallest absolute Gasteiger partial charge is 0.227 e. The number of hydrogen-bond acceptors (Lipinski definition) is 3. The average molecular weight is 366 g/mol. The van der Waals surface area contributed by atoms with Crippen LogP contribution >= 0.6 is 11.6 Å². The zero-order valence-corrected chi connectivity index (χ0v) is 15.3. The molecule has 0 aliphatic heterocycles. The molecular formula is C19H21ClFNO3. The van der Waals surface area contributed by atoms with Gasteiger partial charge in [0.1, 0.15) is 5.82 Å². The summed E-state index contributed by atoms with van der Waals surface area (Å²) in [6.45, 7) is 2.80. The number of likely N-dealkylation sites (N-methyl/N-ethyl adjacent to an activating group) is 1. The lowest BCUT2D eigenvalue weighted by Crippen LogP contribution is -2.28. The maximum Gasteiger partial charge on any atom is 0.227 e. The van der Waals surface area contributed by atoms with E-state index in [1.54, 1.807) is 20.2 Å². The van der Waals surface area contributed by atoms with Crippen molar-refractivity contribution in [2.45, 2.75) is 19.9 Å². The zero-order chi connectivity index (χ0) is 18.4.